The second-order valence-electron chi connectivity index (χ2n) is 3.52. The molecule has 84 valence electrons. The van der Waals surface area contributed by atoms with E-state index in [0.29, 0.717) is 17.4 Å². The molecule has 1 aromatic heterocycles. The van der Waals surface area contributed by atoms with E-state index in [1.807, 2.05) is 32.2 Å². The summed E-state index contributed by atoms with van der Waals surface area (Å²) in [5.41, 5.74) is 1.11. The Labute approximate surface area is 98.8 Å². The Hall–Kier alpha value is -1.55. The average Bonchev–Trinajstić information content (AvgIpc) is 2.66. The van der Waals surface area contributed by atoms with Gasteiger partial charge in [0.15, 0.2) is 5.82 Å². The van der Waals surface area contributed by atoms with Crippen molar-refractivity contribution >= 4 is 11.6 Å². The molecular formula is C11H12ClN3O. The van der Waals surface area contributed by atoms with E-state index in [0.717, 1.165) is 11.4 Å². The topological polar surface area (TPSA) is 39.9 Å². The molecule has 4 nitrogen and oxygen atoms in total. The smallest absolute Gasteiger partial charge is 0.164 e. The fourth-order valence-corrected chi connectivity index (χ4v) is 1.49. The van der Waals surface area contributed by atoms with Gasteiger partial charge in [-0.05, 0) is 24.6 Å². The first-order chi connectivity index (χ1) is 7.66. The molecule has 0 aliphatic rings. The molecule has 0 radical (unpaired) electrons. The molecule has 0 aliphatic heterocycles. The Balaban J connectivity index is 2.10. The van der Waals surface area contributed by atoms with Crippen molar-refractivity contribution in [2.24, 2.45) is 7.05 Å². The van der Waals surface area contributed by atoms with Crippen LogP contribution < -0.4 is 4.74 Å². The molecule has 0 N–H and O–H groups in total. The molecule has 1 heterocycles. The van der Waals surface area contributed by atoms with Crippen LogP contribution >= 0.6 is 11.6 Å². The van der Waals surface area contributed by atoms with Crippen LogP contribution in [0.4, 0.5) is 0 Å². The monoisotopic (exact) mass is 237 g/mol. The van der Waals surface area contributed by atoms with Gasteiger partial charge in [-0.2, -0.15) is 5.10 Å². The number of nitrogens with zero attached hydrogens (tertiary/aromatic N) is 3. The van der Waals surface area contributed by atoms with Crippen molar-refractivity contribution in [3.05, 3.63) is 40.9 Å². The van der Waals surface area contributed by atoms with Crippen molar-refractivity contribution in [2.45, 2.75) is 13.5 Å². The van der Waals surface area contributed by atoms with Gasteiger partial charge < -0.3 is 4.74 Å². The highest BCUT2D eigenvalue weighted by Crippen LogP contribution is 2.25. The lowest BCUT2D eigenvalue weighted by atomic mass is 10.2. The van der Waals surface area contributed by atoms with Crippen molar-refractivity contribution in [1.82, 2.24) is 14.8 Å². The van der Waals surface area contributed by atoms with Gasteiger partial charge in [0.25, 0.3) is 0 Å². The van der Waals surface area contributed by atoms with Gasteiger partial charge >= 0.3 is 0 Å². The summed E-state index contributed by atoms with van der Waals surface area (Å²) in [4.78, 5) is 4.07. The van der Waals surface area contributed by atoms with Crippen LogP contribution in [0.5, 0.6) is 5.75 Å². The fourth-order valence-electron chi connectivity index (χ4n) is 1.31. The van der Waals surface area contributed by atoms with Gasteiger partial charge in [0, 0.05) is 7.05 Å². The first kappa shape index (κ1) is 11.0. The van der Waals surface area contributed by atoms with Gasteiger partial charge in [0.1, 0.15) is 18.7 Å². The first-order valence-corrected chi connectivity index (χ1v) is 5.26. The highest BCUT2D eigenvalue weighted by molar-refractivity contribution is 6.32. The zero-order valence-electron chi connectivity index (χ0n) is 9.14. The predicted molar refractivity (Wildman–Crippen MR) is 61.5 cm³/mol. The number of aryl methyl sites for hydroxylation is 2. The van der Waals surface area contributed by atoms with Crippen molar-refractivity contribution < 1.29 is 4.74 Å². The van der Waals surface area contributed by atoms with Crippen LogP contribution in [0, 0.1) is 6.92 Å². The minimum atomic E-state index is 0.361. The van der Waals surface area contributed by atoms with E-state index < -0.39 is 0 Å². The van der Waals surface area contributed by atoms with E-state index in [2.05, 4.69) is 10.1 Å². The lowest BCUT2D eigenvalue weighted by Gasteiger charge is -2.08. The second kappa shape index (κ2) is 4.53. The van der Waals surface area contributed by atoms with Crippen LogP contribution in [-0.4, -0.2) is 14.8 Å². The maximum atomic E-state index is 6.01. The Morgan fingerprint density at radius 3 is 2.94 bits per heavy atom. The van der Waals surface area contributed by atoms with Gasteiger partial charge in [-0.3, -0.25) is 4.68 Å². The third-order valence-electron chi connectivity index (χ3n) is 2.25. The van der Waals surface area contributed by atoms with E-state index in [1.54, 1.807) is 4.68 Å². The van der Waals surface area contributed by atoms with Crippen molar-refractivity contribution in [2.75, 3.05) is 0 Å². The van der Waals surface area contributed by atoms with Crippen LogP contribution in [0.2, 0.25) is 5.02 Å². The quantitative estimate of drug-likeness (QED) is 0.823. The van der Waals surface area contributed by atoms with E-state index in [4.69, 9.17) is 16.3 Å². The number of ether oxygens (including phenoxy) is 1. The Bertz CT molecular complexity index is 496. The summed E-state index contributed by atoms with van der Waals surface area (Å²) in [6.07, 6.45) is 1.50. The fraction of sp³-hybridized carbons (Fsp3) is 0.273. The van der Waals surface area contributed by atoms with Gasteiger partial charge in [-0.15, -0.1) is 0 Å². The molecule has 0 amide bonds. The summed E-state index contributed by atoms with van der Waals surface area (Å²) in [6.45, 7) is 2.35. The number of halogens is 1. The number of rotatable bonds is 3. The van der Waals surface area contributed by atoms with Crippen molar-refractivity contribution in [3.63, 3.8) is 0 Å². The number of aromatic nitrogens is 3. The van der Waals surface area contributed by atoms with E-state index in [-0.39, 0.29) is 0 Å². The van der Waals surface area contributed by atoms with Crippen LogP contribution in [0.1, 0.15) is 11.4 Å². The molecule has 0 spiro atoms. The summed E-state index contributed by atoms with van der Waals surface area (Å²) < 4.78 is 7.26. The zero-order valence-corrected chi connectivity index (χ0v) is 9.90. The van der Waals surface area contributed by atoms with Gasteiger partial charge in [-0.1, -0.05) is 17.7 Å². The highest BCUT2D eigenvalue weighted by atomic mass is 35.5. The summed E-state index contributed by atoms with van der Waals surface area (Å²) >= 11 is 6.01. The number of hydrogen-bond acceptors (Lipinski definition) is 3. The standard InChI is InChI=1S/C11H12ClN3O/c1-8-3-4-9(12)10(5-8)16-6-11-13-7-14-15(11)2/h3-5,7H,6H2,1-2H3. The SMILES string of the molecule is Cc1ccc(Cl)c(OCc2ncnn2C)c1. The largest absolute Gasteiger partial charge is 0.484 e. The molecule has 0 saturated heterocycles. The molecule has 1 aromatic carbocycles. The summed E-state index contributed by atoms with van der Waals surface area (Å²) in [6, 6.07) is 5.67. The molecule has 0 fully saturated rings. The molecule has 0 unspecified atom stereocenters. The van der Waals surface area contributed by atoms with E-state index in [9.17, 15) is 0 Å². The third-order valence-corrected chi connectivity index (χ3v) is 2.56. The first-order valence-electron chi connectivity index (χ1n) is 4.88. The minimum Gasteiger partial charge on any atom is -0.484 e. The average molecular weight is 238 g/mol. The molecule has 2 rings (SSSR count). The van der Waals surface area contributed by atoms with Gasteiger partial charge in [0.2, 0.25) is 0 Å². The third kappa shape index (κ3) is 2.33. The lowest BCUT2D eigenvalue weighted by molar-refractivity contribution is 0.290. The predicted octanol–water partition coefficient (Wildman–Crippen LogP) is 2.36. The molecule has 2 aromatic rings. The second-order valence-corrected chi connectivity index (χ2v) is 3.93. The van der Waals surface area contributed by atoms with E-state index >= 15 is 0 Å². The zero-order chi connectivity index (χ0) is 11.5. The lowest BCUT2D eigenvalue weighted by Crippen LogP contribution is -2.04. The normalized spacial score (nSPS) is 10.4. The maximum Gasteiger partial charge on any atom is 0.164 e. The van der Waals surface area contributed by atoms with Crippen LogP contribution in [0.15, 0.2) is 24.5 Å². The van der Waals surface area contributed by atoms with Gasteiger partial charge in [-0.25, -0.2) is 4.98 Å². The molecule has 5 heteroatoms. The molecule has 0 bridgehead atoms. The molecule has 0 saturated carbocycles. The molecule has 16 heavy (non-hydrogen) atoms. The maximum absolute atomic E-state index is 6.01. The minimum absolute atomic E-state index is 0.361. The number of hydrogen-bond donors (Lipinski definition) is 0. The summed E-state index contributed by atoms with van der Waals surface area (Å²) in [5, 5.41) is 4.57. The molecule has 0 aliphatic carbocycles. The Kier molecular flexibility index (Phi) is 3.10. The van der Waals surface area contributed by atoms with Crippen molar-refractivity contribution in [1.29, 1.82) is 0 Å². The highest BCUT2D eigenvalue weighted by Gasteiger charge is 2.05. The van der Waals surface area contributed by atoms with Crippen LogP contribution in [0.3, 0.4) is 0 Å². The van der Waals surface area contributed by atoms with E-state index in [1.165, 1.54) is 6.33 Å². The summed E-state index contributed by atoms with van der Waals surface area (Å²) in [5.74, 6) is 1.43. The molecular weight excluding hydrogens is 226 g/mol. The molecule has 0 atom stereocenters. The van der Waals surface area contributed by atoms with Crippen LogP contribution in [-0.2, 0) is 13.7 Å². The van der Waals surface area contributed by atoms with Crippen LogP contribution in [0.25, 0.3) is 0 Å². The number of benzene rings is 1. The Morgan fingerprint density at radius 2 is 2.25 bits per heavy atom. The Morgan fingerprint density at radius 1 is 1.44 bits per heavy atom. The van der Waals surface area contributed by atoms with Gasteiger partial charge in [0.05, 0.1) is 5.02 Å². The van der Waals surface area contributed by atoms with Crippen molar-refractivity contribution in [3.8, 4) is 5.75 Å². The summed E-state index contributed by atoms with van der Waals surface area (Å²) in [7, 11) is 1.82.